The van der Waals surface area contributed by atoms with Crippen LogP contribution < -0.4 is 10.2 Å². The fourth-order valence-electron chi connectivity index (χ4n) is 3.28. The van der Waals surface area contributed by atoms with E-state index in [9.17, 15) is 0 Å². The number of hydrogen-bond acceptors (Lipinski definition) is 6. The van der Waals surface area contributed by atoms with Crippen molar-refractivity contribution in [2.45, 2.75) is 41.0 Å². The van der Waals surface area contributed by atoms with E-state index in [1.54, 1.807) is 0 Å². The first kappa shape index (κ1) is 23.9. The van der Waals surface area contributed by atoms with Crippen molar-refractivity contribution in [2.24, 2.45) is 0 Å². The third kappa shape index (κ3) is 7.38. The van der Waals surface area contributed by atoms with Crippen LogP contribution in [0.1, 0.15) is 36.1 Å². The molecule has 0 bridgehead atoms. The number of nitrogens with one attached hydrogen (secondary N) is 1. The molecule has 6 heteroatoms. The standard InChI is InChI=1S/C15H19N3.C12H13N3/c1-4-11-18(14-9-5-7-12(2)16-14)15-10-6-8-13(3)17-15;1-9-5-3-7-11(13-9)15-12-8-4-6-10(2)14-12/h5-10H,4,11H2,1-3H3;3-8H,1-2H3,(H,13,14,15). The van der Waals surface area contributed by atoms with Gasteiger partial charge < -0.3 is 10.2 Å². The SMILES string of the molecule is CCCN(c1cccc(C)n1)c1cccc(C)n1.Cc1cccc(Nc2cccc(C)n2)n1. The summed E-state index contributed by atoms with van der Waals surface area (Å²) in [4.78, 5) is 20.0. The van der Waals surface area contributed by atoms with Crippen molar-refractivity contribution in [1.82, 2.24) is 19.9 Å². The van der Waals surface area contributed by atoms with Crippen LogP contribution in [-0.2, 0) is 0 Å². The number of rotatable bonds is 6. The van der Waals surface area contributed by atoms with Gasteiger partial charge in [-0.3, -0.25) is 0 Å². The van der Waals surface area contributed by atoms with Crippen molar-refractivity contribution < 1.29 is 0 Å². The molecule has 4 aromatic rings. The number of anilines is 4. The molecule has 4 heterocycles. The average molecular weight is 441 g/mol. The molecular weight excluding hydrogens is 408 g/mol. The highest BCUT2D eigenvalue weighted by Gasteiger charge is 2.11. The molecule has 0 aliphatic rings. The summed E-state index contributed by atoms with van der Waals surface area (Å²) in [5.41, 5.74) is 4.04. The highest BCUT2D eigenvalue weighted by molar-refractivity contribution is 5.56. The van der Waals surface area contributed by atoms with Gasteiger partial charge in [0.2, 0.25) is 0 Å². The van der Waals surface area contributed by atoms with Gasteiger partial charge in [-0.15, -0.1) is 0 Å². The number of pyridine rings is 4. The highest BCUT2D eigenvalue weighted by Crippen LogP contribution is 2.22. The van der Waals surface area contributed by atoms with Gasteiger partial charge in [-0.2, -0.15) is 0 Å². The Kier molecular flexibility index (Phi) is 8.47. The summed E-state index contributed by atoms with van der Waals surface area (Å²) < 4.78 is 0. The van der Waals surface area contributed by atoms with Crippen LogP contribution in [0.3, 0.4) is 0 Å². The smallest absolute Gasteiger partial charge is 0.134 e. The Labute approximate surface area is 196 Å². The van der Waals surface area contributed by atoms with Crippen molar-refractivity contribution in [3.63, 3.8) is 0 Å². The second kappa shape index (κ2) is 11.7. The van der Waals surface area contributed by atoms with Gasteiger partial charge in [0.15, 0.2) is 0 Å². The molecule has 170 valence electrons. The van der Waals surface area contributed by atoms with Gasteiger partial charge in [-0.05, 0) is 82.6 Å². The Bertz CT molecular complexity index is 1090. The molecule has 1 N–H and O–H groups in total. The van der Waals surface area contributed by atoms with Crippen molar-refractivity contribution in [1.29, 1.82) is 0 Å². The van der Waals surface area contributed by atoms with Gasteiger partial charge in [0.05, 0.1) is 0 Å². The van der Waals surface area contributed by atoms with Crippen LogP contribution in [0.25, 0.3) is 0 Å². The lowest BCUT2D eigenvalue weighted by molar-refractivity contribution is 0.852. The molecule has 0 unspecified atom stereocenters. The first-order chi connectivity index (χ1) is 15.9. The lowest BCUT2D eigenvalue weighted by atomic mass is 10.3. The third-order valence-electron chi connectivity index (χ3n) is 4.78. The molecule has 0 saturated heterocycles. The van der Waals surface area contributed by atoms with Crippen molar-refractivity contribution in [2.75, 3.05) is 16.8 Å². The van der Waals surface area contributed by atoms with E-state index in [1.165, 1.54) is 0 Å². The van der Waals surface area contributed by atoms with E-state index >= 15 is 0 Å². The monoisotopic (exact) mass is 440 g/mol. The zero-order chi connectivity index (χ0) is 23.6. The molecule has 0 spiro atoms. The van der Waals surface area contributed by atoms with Crippen molar-refractivity contribution in [3.05, 3.63) is 95.6 Å². The predicted octanol–water partition coefficient (Wildman–Crippen LogP) is 6.48. The number of aryl methyl sites for hydroxylation is 4. The molecule has 0 saturated carbocycles. The summed E-state index contributed by atoms with van der Waals surface area (Å²) in [7, 11) is 0. The summed E-state index contributed by atoms with van der Waals surface area (Å²) in [5.74, 6) is 3.59. The van der Waals surface area contributed by atoms with Gasteiger partial charge in [0, 0.05) is 29.3 Å². The fraction of sp³-hybridized carbons (Fsp3) is 0.259. The van der Waals surface area contributed by atoms with Crippen LogP contribution in [0, 0.1) is 27.7 Å². The summed E-state index contributed by atoms with van der Waals surface area (Å²) >= 11 is 0. The van der Waals surface area contributed by atoms with Crippen LogP contribution in [0.4, 0.5) is 23.3 Å². The molecule has 0 atom stereocenters. The zero-order valence-electron chi connectivity index (χ0n) is 20.1. The van der Waals surface area contributed by atoms with E-state index in [0.717, 1.165) is 59.0 Å². The molecule has 6 nitrogen and oxygen atoms in total. The molecule has 4 rings (SSSR count). The second-order valence-corrected chi connectivity index (χ2v) is 7.88. The number of hydrogen-bond donors (Lipinski definition) is 1. The van der Waals surface area contributed by atoms with E-state index in [0.29, 0.717) is 0 Å². The largest absolute Gasteiger partial charge is 0.325 e. The minimum Gasteiger partial charge on any atom is -0.325 e. The average Bonchev–Trinajstić information content (AvgIpc) is 2.78. The maximum atomic E-state index is 4.58. The Hall–Kier alpha value is -3.80. The van der Waals surface area contributed by atoms with Crippen LogP contribution in [-0.4, -0.2) is 26.5 Å². The summed E-state index contributed by atoms with van der Waals surface area (Å²) in [6.07, 6.45) is 1.06. The lowest BCUT2D eigenvalue weighted by Gasteiger charge is -2.22. The zero-order valence-corrected chi connectivity index (χ0v) is 20.1. The molecule has 0 aliphatic heterocycles. The molecular formula is C27H32N6. The molecule has 0 radical (unpaired) electrons. The predicted molar refractivity (Wildman–Crippen MR) is 136 cm³/mol. The minimum atomic E-state index is 0.827. The second-order valence-electron chi connectivity index (χ2n) is 7.88. The molecule has 0 aromatic carbocycles. The van der Waals surface area contributed by atoms with E-state index in [2.05, 4.69) is 37.1 Å². The van der Waals surface area contributed by atoms with Crippen LogP contribution in [0.15, 0.2) is 72.8 Å². The molecule has 0 fully saturated rings. The van der Waals surface area contributed by atoms with Gasteiger partial charge in [0.25, 0.3) is 0 Å². The van der Waals surface area contributed by atoms with Gasteiger partial charge >= 0.3 is 0 Å². The summed E-state index contributed by atoms with van der Waals surface area (Å²) in [6.45, 7) is 11.0. The van der Waals surface area contributed by atoms with Gasteiger partial charge in [-0.25, -0.2) is 19.9 Å². The quantitative estimate of drug-likeness (QED) is 0.370. The summed E-state index contributed by atoms with van der Waals surface area (Å²) in [5, 5.41) is 3.16. The van der Waals surface area contributed by atoms with Crippen LogP contribution >= 0.6 is 0 Å². The van der Waals surface area contributed by atoms with Crippen molar-refractivity contribution in [3.8, 4) is 0 Å². The first-order valence-electron chi connectivity index (χ1n) is 11.2. The van der Waals surface area contributed by atoms with E-state index < -0.39 is 0 Å². The Balaban J connectivity index is 0.000000189. The topological polar surface area (TPSA) is 66.8 Å². The Morgan fingerprint density at radius 3 is 1.33 bits per heavy atom. The third-order valence-corrected chi connectivity index (χ3v) is 4.78. The van der Waals surface area contributed by atoms with E-state index in [1.807, 2.05) is 100 Å². The molecule has 33 heavy (non-hydrogen) atoms. The normalized spacial score (nSPS) is 10.2. The van der Waals surface area contributed by atoms with Crippen LogP contribution in [0.2, 0.25) is 0 Å². The van der Waals surface area contributed by atoms with E-state index in [-0.39, 0.29) is 0 Å². The maximum absolute atomic E-state index is 4.58. The van der Waals surface area contributed by atoms with E-state index in [4.69, 9.17) is 0 Å². The fourth-order valence-corrected chi connectivity index (χ4v) is 3.28. The van der Waals surface area contributed by atoms with Crippen LogP contribution in [0.5, 0.6) is 0 Å². The highest BCUT2D eigenvalue weighted by atomic mass is 15.2. The molecule has 0 amide bonds. The number of aromatic nitrogens is 4. The molecule has 0 aliphatic carbocycles. The lowest BCUT2D eigenvalue weighted by Crippen LogP contribution is -2.20. The minimum absolute atomic E-state index is 0.827. The first-order valence-corrected chi connectivity index (χ1v) is 11.2. The Morgan fingerprint density at radius 1 is 0.576 bits per heavy atom. The van der Waals surface area contributed by atoms with Crippen molar-refractivity contribution >= 4 is 23.3 Å². The van der Waals surface area contributed by atoms with Gasteiger partial charge in [0.1, 0.15) is 23.3 Å². The molecule has 4 aromatic heterocycles. The number of nitrogens with zero attached hydrogens (tertiary/aromatic N) is 5. The maximum Gasteiger partial charge on any atom is 0.134 e. The van der Waals surface area contributed by atoms with Gasteiger partial charge in [-0.1, -0.05) is 31.2 Å². The Morgan fingerprint density at radius 2 is 0.970 bits per heavy atom. The summed E-state index contributed by atoms with van der Waals surface area (Å²) in [6, 6.07) is 23.9.